The Kier molecular flexibility index (Phi) is 5.95. The fourth-order valence-corrected chi connectivity index (χ4v) is 3.41. The van der Waals surface area contributed by atoms with Gasteiger partial charge in [-0.2, -0.15) is 11.8 Å². The minimum Gasteiger partial charge on any atom is -0.393 e. The van der Waals surface area contributed by atoms with Gasteiger partial charge in [-0.3, -0.25) is 0 Å². The first-order valence-corrected chi connectivity index (χ1v) is 7.15. The van der Waals surface area contributed by atoms with Gasteiger partial charge in [-0.25, -0.2) is 0 Å². The van der Waals surface area contributed by atoms with Gasteiger partial charge in [0.1, 0.15) is 0 Å². The lowest BCUT2D eigenvalue weighted by atomic mass is 9.88. The topological polar surface area (TPSA) is 20.2 Å². The highest BCUT2D eigenvalue weighted by Gasteiger charge is 2.20. The van der Waals surface area contributed by atoms with Crippen LogP contribution in [0.5, 0.6) is 0 Å². The molecule has 0 aliphatic carbocycles. The number of hydrogen-bond donors (Lipinski definition) is 1. The number of aliphatic hydroxyl groups is 1. The molecule has 0 aromatic rings. The van der Waals surface area contributed by atoms with E-state index in [1.54, 1.807) is 0 Å². The van der Waals surface area contributed by atoms with Gasteiger partial charge in [-0.1, -0.05) is 20.3 Å². The minimum atomic E-state index is -0.0527. The van der Waals surface area contributed by atoms with Crippen molar-refractivity contribution in [1.29, 1.82) is 0 Å². The first-order valence-electron chi connectivity index (χ1n) is 5.99. The molecule has 1 aliphatic rings. The molecule has 0 saturated carbocycles. The van der Waals surface area contributed by atoms with Gasteiger partial charge >= 0.3 is 0 Å². The Bertz CT molecular complexity index is 143. The van der Waals surface area contributed by atoms with Gasteiger partial charge in [-0.05, 0) is 49.0 Å². The maximum absolute atomic E-state index is 9.99. The molecule has 1 N–H and O–H groups in total. The summed E-state index contributed by atoms with van der Waals surface area (Å²) >= 11 is 2.06. The molecule has 2 heteroatoms. The molecule has 1 rings (SSSR count). The molecule has 2 unspecified atom stereocenters. The van der Waals surface area contributed by atoms with Gasteiger partial charge in [0.15, 0.2) is 0 Å². The van der Waals surface area contributed by atoms with Crippen molar-refractivity contribution < 1.29 is 5.11 Å². The third-order valence-corrected chi connectivity index (χ3v) is 4.37. The van der Waals surface area contributed by atoms with E-state index in [-0.39, 0.29) is 6.10 Å². The number of rotatable bonds is 5. The van der Waals surface area contributed by atoms with Crippen molar-refractivity contribution in [2.24, 2.45) is 11.8 Å². The smallest absolute Gasteiger partial charge is 0.0568 e. The van der Waals surface area contributed by atoms with Crippen LogP contribution in [0.2, 0.25) is 0 Å². The fraction of sp³-hybridized carbons (Fsp3) is 1.00. The van der Waals surface area contributed by atoms with E-state index in [1.807, 2.05) is 0 Å². The molecule has 1 heterocycles. The first kappa shape index (κ1) is 12.4. The van der Waals surface area contributed by atoms with Gasteiger partial charge in [0.2, 0.25) is 0 Å². The highest BCUT2D eigenvalue weighted by atomic mass is 32.2. The third kappa shape index (κ3) is 4.22. The molecule has 0 bridgehead atoms. The monoisotopic (exact) mass is 216 g/mol. The van der Waals surface area contributed by atoms with Crippen LogP contribution in [0.15, 0.2) is 0 Å². The molecule has 0 aromatic carbocycles. The van der Waals surface area contributed by atoms with Gasteiger partial charge in [-0.15, -0.1) is 0 Å². The van der Waals surface area contributed by atoms with Crippen LogP contribution in [0.4, 0.5) is 0 Å². The SMILES string of the molecule is CCCC(C)C(O)CC1CCSCC1. The Hall–Kier alpha value is 0.310. The Morgan fingerprint density at radius 2 is 2.00 bits per heavy atom. The molecule has 1 fully saturated rings. The summed E-state index contributed by atoms with van der Waals surface area (Å²) in [6.07, 6.45) is 5.99. The average Bonchev–Trinajstić information content (AvgIpc) is 2.19. The number of aliphatic hydroxyl groups excluding tert-OH is 1. The van der Waals surface area contributed by atoms with Crippen LogP contribution in [-0.4, -0.2) is 22.7 Å². The van der Waals surface area contributed by atoms with Crippen LogP contribution in [0.1, 0.15) is 46.0 Å². The van der Waals surface area contributed by atoms with Crippen molar-refractivity contribution in [2.75, 3.05) is 11.5 Å². The van der Waals surface area contributed by atoms with E-state index in [1.165, 1.54) is 37.2 Å². The third-order valence-electron chi connectivity index (χ3n) is 3.32. The second-order valence-electron chi connectivity index (χ2n) is 4.62. The lowest BCUT2D eigenvalue weighted by molar-refractivity contribution is 0.0832. The molecule has 0 aromatic heterocycles. The highest BCUT2D eigenvalue weighted by Crippen LogP contribution is 2.28. The lowest BCUT2D eigenvalue weighted by Crippen LogP contribution is -2.23. The summed E-state index contributed by atoms with van der Waals surface area (Å²) in [6, 6.07) is 0. The Morgan fingerprint density at radius 1 is 1.36 bits per heavy atom. The summed E-state index contributed by atoms with van der Waals surface area (Å²) < 4.78 is 0. The van der Waals surface area contributed by atoms with E-state index in [0.29, 0.717) is 5.92 Å². The summed E-state index contributed by atoms with van der Waals surface area (Å²) in [4.78, 5) is 0. The zero-order valence-corrected chi connectivity index (χ0v) is 10.4. The lowest BCUT2D eigenvalue weighted by Gasteiger charge is -2.26. The molecule has 0 spiro atoms. The summed E-state index contributed by atoms with van der Waals surface area (Å²) in [7, 11) is 0. The van der Waals surface area contributed by atoms with Gasteiger partial charge in [0.25, 0.3) is 0 Å². The molecule has 14 heavy (non-hydrogen) atoms. The Labute approximate surface area is 92.7 Å². The van der Waals surface area contributed by atoms with Crippen LogP contribution < -0.4 is 0 Å². The molecule has 0 amide bonds. The molecule has 84 valence electrons. The van der Waals surface area contributed by atoms with Crippen molar-refractivity contribution in [1.82, 2.24) is 0 Å². The maximum Gasteiger partial charge on any atom is 0.0568 e. The van der Waals surface area contributed by atoms with E-state index in [2.05, 4.69) is 25.6 Å². The van der Waals surface area contributed by atoms with Gasteiger partial charge in [0.05, 0.1) is 6.10 Å². The zero-order chi connectivity index (χ0) is 10.4. The zero-order valence-electron chi connectivity index (χ0n) is 9.54. The van der Waals surface area contributed by atoms with E-state index < -0.39 is 0 Å². The number of hydrogen-bond acceptors (Lipinski definition) is 2. The van der Waals surface area contributed by atoms with E-state index in [4.69, 9.17) is 0 Å². The van der Waals surface area contributed by atoms with Crippen molar-refractivity contribution in [2.45, 2.75) is 52.1 Å². The second-order valence-corrected chi connectivity index (χ2v) is 5.85. The van der Waals surface area contributed by atoms with Crippen LogP contribution >= 0.6 is 11.8 Å². The standard InChI is InChI=1S/C12H24OS/c1-3-4-10(2)12(13)9-11-5-7-14-8-6-11/h10-13H,3-9H2,1-2H3. The summed E-state index contributed by atoms with van der Waals surface area (Å²) in [5, 5.41) is 9.99. The van der Waals surface area contributed by atoms with Crippen molar-refractivity contribution in [3.8, 4) is 0 Å². The predicted molar refractivity (Wildman–Crippen MR) is 64.7 cm³/mol. The highest BCUT2D eigenvalue weighted by molar-refractivity contribution is 7.99. The largest absolute Gasteiger partial charge is 0.393 e. The Morgan fingerprint density at radius 3 is 2.57 bits per heavy atom. The Balaban J connectivity index is 2.20. The summed E-state index contributed by atoms with van der Waals surface area (Å²) in [5.74, 6) is 3.90. The van der Waals surface area contributed by atoms with Crippen molar-refractivity contribution in [3.05, 3.63) is 0 Å². The summed E-state index contributed by atoms with van der Waals surface area (Å²) in [6.45, 7) is 4.38. The molecule has 0 radical (unpaired) electrons. The normalized spacial score (nSPS) is 23.4. The van der Waals surface area contributed by atoms with E-state index in [9.17, 15) is 5.11 Å². The quantitative estimate of drug-likeness (QED) is 0.761. The van der Waals surface area contributed by atoms with Crippen molar-refractivity contribution >= 4 is 11.8 Å². The maximum atomic E-state index is 9.99. The van der Waals surface area contributed by atoms with E-state index >= 15 is 0 Å². The van der Waals surface area contributed by atoms with Crippen LogP contribution in [0.25, 0.3) is 0 Å². The average molecular weight is 216 g/mol. The molecule has 1 saturated heterocycles. The molecular weight excluding hydrogens is 192 g/mol. The fourth-order valence-electron chi connectivity index (χ4n) is 2.20. The van der Waals surface area contributed by atoms with Crippen molar-refractivity contribution in [3.63, 3.8) is 0 Å². The first-order chi connectivity index (χ1) is 6.74. The van der Waals surface area contributed by atoms with Crippen LogP contribution in [0.3, 0.4) is 0 Å². The molecule has 2 atom stereocenters. The number of thioether (sulfide) groups is 1. The second kappa shape index (κ2) is 6.73. The molecular formula is C12H24OS. The summed E-state index contributed by atoms with van der Waals surface area (Å²) in [5.41, 5.74) is 0. The van der Waals surface area contributed by atoms with Crippen LogP contribution in [-0.2, 0) is 0 Å². The van der Waals surface area contributed by atoms with E-state index in [0.717, 1.165) is 12.3 Å². The predicted octanol–water partition coefficient (Wildman–Crippen LogP) is 3.32. The van der Waals surface area contributed by atoms with Gasteiger partial charge < -0.3 is 5.11 Å². The van der Waals surface area contributed by atoms with Gasteiger partial charge in [0, 0.05) is 0 Å². The van der Waals surface area contributed by atoms with Crippen LogP contribution in [0, 0.1) is 11.8 Å². The minimum absolute atomic E-state index is 0.0527. The molecule has 1 aliphatic heterocycles. The molecule has 1 nitrogen and oxygen atoms in total.